The average molecular weight is 425 g/mol. The highest BCUT2D eigenvalue weighted by atomic mass is 32.1. The number of amides is 2. The Morgan fingerprint density at radius 2 is 1.90 bits per heavy atom. The zero-order chi connectivity index (χ0) is 21.1. The van der Waals surface area contributed by atoms with Crippen molar-refractivity contribution in [1.82, 2.24) is 15.1 Å². The van der Waals surface area contributed by atoms with E-state index in [1.165, 1.54) is 30.4 Å². The number of carbonyl (C=O) groups is 2. The monoisotopic (exact) mass is 425 g/mol. The number of nitrogens with one attached hydrogen (secondary N) is 2. The molecule has 2 aromatic heterocycles. The molecule has 0 bridgehead atoms. The molecule has 0 aliphatic heterocycles. The molecule has 0 spiro atoms. The maximum absolute atomic E-state index is 13.0. The molecule has 2 heterocycles. The Hall–Kier alpha value is -3.66. The van der Waals surface area contributed by atoms with Gasteiger partial charge in [0, 0.05) is 31.0 Å². The maximum Gasteiger partial charge on any atom is 0.227 e. The highest BCUT2D eigenvalue weighted by Crippen LogP contribution is 2.28. The van der Waals surface area contributed by atoms with E-state index in [2.05, 4.69) is 25.8 Å². The Balaban J connectivity index is 1.36. The second-order valence-corrected chi connectivity index (χ2v) is 7.48. The third kappa shape index (κ3) is 4.66. The van der Waals surface area contributed by atoms with Gasteiger partial charge in [-0.25, -0.2) is 9.37 Å². The minimum absolute atomic E-state index is 0.137. The smallest absolute Gasteiger partial charge is 0.227 e. The molecular formula is C20H16FN5O3S. The zero-order valence-electron chi connectivity index (χ0n) is 15.8. The van der Waals surface area contributed by atoms with Crippen molar-refractivity contribution in [3.63, 3.8) is 0 Å². The third-order valence-corrected chi connectivity index (χ3v) is 5.03. The van der Waals surface area contributed by atoms with Crippen LogP contribution in [0.2, 0.25) is 0 Å². The van der Waals surface area contributed by atoms with E-state index in [9.17, 15) is 14.0 Å². The van der Waals surface area contributed by atoms with Crippen molar-refractivity contribution in [3.8, 4) is 11.4 Å². The Labute approximate surface area is 174 Å². The van der Waals surface area contributed by atoms with Gasteiger partial charge in [0.25, 0.3) is 0 Å². The number of benzene rings is 2. The first-order valence-corrected chi connectivity index (χ1v) is 9.84. The standard InChI is InChI=1S/C20H16FN5O3S/c1-11(27)22-14-6-7-15-16(10-14)30-20(23-15)24-17(28)8-9-18-25-19(26-29-18)12-2-4-13(21)5-3-12/h2-7,10H,8-9H2,1H3,(H,22,27)(H,23,24,28). The summed E-state index contributed by atoms with van der Waals surface area (Å²) >= 11 is 1.31. The Morgan fingerprint density at radius 1 is 1.10 bits per heavy atom. The molecule has 0 atom stereocenters. The molecule has 30 heavy (non-hydrogen) atoms. The van der Waals surface area contributed by atoms with Crippen LogP contribution in [0.1, 0.15) is 19.2 Å². The predicted octanol–water partition coefficient (Wildman–Crippen LogP) is 4.02. The predicted molar refractivity (Wildman–Crippen MR) is 111 cm³/mol. The molecule has 4 rings (SSSR count). The fourth-order valence-corrected chi connectivity index (χ4v) is 3.66. The van der Waals surface area contributed by atoms with Gasteiger partial charge in [0.2, 0.25) is 23.5 Å². The summed E-state index contributed by atoms with van der Waals surface area (Å²) in [6, 6.07) is 11.1. The van der Waals surface area contributed by atoms with Crippen molar-refractivity contribution in [2.45, 2.75) is 19.8 Å². The largest absolute Gasteiger partial charge is 0.339 e. The lowest BCUT2D eigenvalue weighted by molar-refractivity contribution is -0.116. The molecule has 0 fully saturated rings. The van der Waals surface area contributed by atoms with Gasteiger partial charge >= 0.3 is 0 Å². The molecule has 0 aliphatic rings. The molecule has 2 aromatic carbocycles. The van der Waals surface area contributed by atoms with E-state index in [0.29, 0.717) is 28.1 Å². The first-order chi connectivity index (χ1) is 14.5. The van der Waals surface area contributed by atoms with Crippen molar-refractivity contribution < 1.29 is 18.5 Å². The van der Waals surface area contributed by atoms with Crippen molar-refractivity contribution in [1.29, 1.82) is 0 Å². The number of hydrogen-bond donors (Lipinski definition) is 2. The van der Waals surface area contributed by atoms with Crippen LogP contribution < -0.4 is 10.6 Å². The summed E-state index contributed by atoms with van der Waals surface area (Å²) in [6.45, 7) is 1.44. The number of aromatic nitrogens is 3. The molecular weight excluding hydrogens is 409 g/mol. The molecule has 2 N–H and O–H groups in total. The summed E-state index contributed by atoms with van der Waals surface area (Å²) in [5.74, 6) is -0.0886. The SMILES string of the molecule is CC(=O)Nc1ccc2nc(NC(=O)CCc3nc(-c4ccc(F)cc4)no3)sc2c1. The number of thiazole rings is 1. The number of rotatable bonds is 6. The van der Waals surface area contributed by atoms with Gasteiger partial charge in [-0.05, 0) is 42.5 Å². The van der Waals surface area contributed by atoms with Crippen LogP contribution in [-0.4, -0.2) is 26.9 Å². The molecule has 0 unspecified atom stereocenters. The number of fused-ring (bicyclic) bond motifs is 1. The fourth-order valence-electron chi connectivity index (χ4n) is 2.73. The van der Waals surface area contributed by atoms with E-state index in [0.717, 1.165) is 10.2 Å². The van der Waals surface area contributed by atoms with Crippen molar-refractivity contribution in [2.75, 3.05) is 10.6 Å². The summed E-state index contributed by atoms with van der Waals surface area (Å²) in [6.07, 6.45) is 0.399. The molecule has 8 nitrogen and oxygen atoms in total. The molecule has 10 heteroatoms. The van der Waals surface area contributed by atoms with Crippen LogP contribution in [0.15, 0.2) is 47.0 Å². The van der Waals surface area contributed by atoms with E-state index < -0.39 is 0 Å². The summed E-state index contributed by atoms with van der Waals surface area (Å²) in [5, 5.41) is 9.79. The zero-order valence-corrected chi connectivity index (χ0v) is 16.6. The van der Waals surface area contributed by atoms with Crippen LogP contribution in [0.4, 0.5) is 15.2 Å². The van der Waals surface area contributed by atoms with Crippen LogP contribution in [0, 0.1) is 5.82 Å². The Bertz CT molecular complexity index is 1220. The van der Waals surface area contributed by atoms with Crippen LogP contribution in [0.3, 0.4) is 0 Å². The quantitative estimate of drug-likeness (QED) is 0.483. The van der Waals surface area contributed by atoms with Crippen molar-refractivity contribution in [2.24, 2.45) is 0 Å². The highest BCUT2D eigenvalue weighted by Gasteiger charge is 2.13. The van der Waals surface area contributed by atoms with E-state index in [-0.39, 0.29) is 30.5 Å². The molecule has 0 radical (unpaired) electrons. The Kier molecular flexibility index (Phi) is 5.48. The fraction of sp³-hybridized carbons (Fsp3) is 0.150. The maximum atomic E-state index is 13.0. The van der Waals surface area contributed by atoms with E-state index in [4.69, 9.17) is 4.52 Å². The van der Waals surface area contributed by atoms with E-state index in [1.807, 2.05) is 0 Å². The Morgan fingerprint density at radius 3 is 2.67 bits per heavy atom. The van der Waals surface area contributed by atoms with Gasteiger partial charge in [0.1, 0.15) is 5.82 Å². The van der Waals surface area contributed by atoms with Crippen LogP contribution in [0.25, 0.3) is 21.6 Å². The van der Waals surface area contributed by atoms with Gasteiger partial charge in [-0.3, -0.25) is 9.59 Å². The topological polar surface area (TPSA) is 110 Å². The first-order valence-electron chi connectivity index (χ1n) is 9.03. The second-order valence-electron chi connectivity index (χ2n) is 6.45. The first kappa shape index (κ1) is 19.6. The van der Waals surface area contributed by atoms with Crippen molar-refractivity contribution >= 4 is 44.2 Å². The highest BCUT2D eigenvalue weighted by molar-refractivity contribution is 7.22. The van der Waals surface area contributed by atoms with Crippen LogP contribution in [0.5, 0.6) is 0 Å². The number of nitrogens with zero attached hydrogens (tertiary/aromatic N) is 3. The van der Waals surface area contributed by atoms with E-state index in [1.54, 1.807) is 30.3 Å². The van der Waals surface area contributed by atoms with Crippen molar-refractivity contribution in [3.05, 3.63) is 54.2 Å². The lowest BCUT2D eigenvalue weighted by Gasteiger charge is -1.99. The van der Waals surface area contributed by atoms with E-state index >= 15 is 0 Å². The van der Waals surface area contributed by atoms with Gasteiger partial charge < -0.3 is 15.2 Å². The molecule has 0 saturated heterocycles. The number of hydrogen-bond acceptors (Lipinski definition) is 7. The summed E-state index contributed by atoms with van der Waals surface area (Å²) in [4.78, 5) is 32.0. The summed E-state index contributed by atoms with van der Waals surface area (Å²) in [5.41, 5.74) is 2.03. The molecule has 0 saturated carbocycles. The van der Waals surface area contributed by atoms with Crippen LogP contribution >= 0.6 is 11.3 Å². The second kappa shape index (κ2) is 8.37. The number of anilines is 2. The average Bonchev–Trinajstić information content (AvgIpc) is 3.32. The van der Waals surface area contributed by atoms with Crippen LogP contribution in [-0.2, 0) is 16.0 Å². The number of aryl methyl sites for hydroxylation is 1. The molecule has 2 amide bonds. The minimum Gasteiger partial charge on any atom is -0.339 e. The minimum atomic E-state index is -0.347. The summed E-state index contributed by atoms with van der Waals surface area (Å²) in [7, 11) is 0. The summed E-state index contributed by atoms with van der Waals surface area (Å²) < 4.78 is 19.0. The van der Waals surface area contributed by atoms with Gasteiger partial charge in [0.15, 0.2) is 5.13 Å². The normalized spacial score (nSPS) is 10.9. The molecule has 0 aliphatic carbocycles. The lowest BCUT2D eigenvalue weighted by atomic mass is 10.2. The lowest BCUT2D eigenvalue weighted by Crippen LogP contribution is -2.12. The molecule has 152 valence electrons. The van der Waals surface area contributed by atoms with Gasteiger partial charge in [-0.2, -0.15) is 4.98 Å². The molecule has 4 aromatic rings. The van der Waals surface area contributed by atoms with Gasteiger partial charge in [0.05, 0.1) is 10.2 Å². The number of carbonyl (C=O) groups excluding carboxylic acids is 2. The number of halogens is 1. The van der Waals surface area contributed by atoms with Gasteiger partial charge in [-0.1, -0.05) is 16.5 Å². The van der Waals surface area contributed by atoms with Gasteiger partial charge in [-0.15, -0.1) is 0 Å². The third-order valence-electron chi connectivity index (χ3n) is 4.09.